The van der Waals surface area contributed by atoms with E-state index in [1.807, 2.05) is 67.6 Å². The topological polar surface area (TPSA) is 83.0 Å². The fourth-order valence-electron chi connectivity index (χ4n) is 2.59. The van der Waals surface area contributed by atoms with Crippen LogP contribution in [-0.4, -0.2) is 32.2 Å². The summed E-state index contributed by atoms with van der Waals surface area (Å²) < 4.78 is 0. The fourth-order valence-corrected chi connectivity index (χ4v) is 2.59. The van der Waals surface area contributed by atoms with Gasteiger partial charge in [-0.3, -0.25) is 0 Å². The summed E-state index contributed by atoms with van der Waals surface area (Å²) in [5.74, 6) is 1.46. The monoisotopic (exact) mass is 349 g/mol. The van der Waals surface area contributed by atoms with Crippen molar-refractivity contribution >= 4 is 17.6 Å². The van der Waals surface area contributed by atoms with E-state index in [0.717, 1.165) is 17.7 Å². The summed E-state index contributed by atoms with van der Waals surface area (Å²) in [5, 5.41) is 16.3. The quantitative estimate of drug-likeness (QED) is 0.601. The van der Waals surface area contributed by atoms with E-state index < -0.39 is 6.10 Å². The van der Waals surface area contributed by atoms with Gasteiger partial charge in [0, 0.05) is 11.3 Å². The predicted molar refractivity (Wildman–Crippen MR) is 104 cm³/mol. The first kappa shape index (κ1) is 17.8. The zero-order valence-electron chi connectivity index (χ0n) is 14.9. The molecule has 0 spiro atoms. The standard InChI is InChI=1S/C20H23N5O/c1-3-17(14(2)26)22-20-24-18(15-10-6-4-7-11-15)23-19(25-20)21-16-12-8-5-9-13-16/h4-14,17,26H,3H2,1-2H3,(H2,21,22,23,24,25). The normalized spacial score (nSPS) is 13.0. The molecule has 0 radical (unpaired) electrons. The highest BCUT2D eigenvalue weighted by atomic mass is 16.3. The van der Waals surface area contributed by atoms with Gasteiger partial charge in [-0.15, -0.1) is 0 Å². The second kappa shape index (κ2) is 8.40. The number of nitrogens with one attached hydrogen (secondary N) is 2. The van der Waals surface area contributed by atoms with Crippen molar-refractivity contribution in [2.75, 3.05) is 10.6 Å². The Morgan fingerprint density at radius 3 is 2.12 bits per heavy atom. The third-order valence-electron chi connectivity index (χ3n) is 4.03. The molecular formula is C20H23N5O. The number of benzene rings is 2. The Labute approximate surface area is 153 Å². The Hall–Kier alpha value is -2.99. The van der Waals surface area contributed by atoms with E-state index in [2.05, 4.69) is 25.6 Å². The summed E-state index contributed by atoms with van der Waals surface area (Å²) in [6.45, 7) is 3.76. The molecule has 0 saturated carbocycles. The molecule has 134 valence electrons. The molecule has 0 amide bonds. The number of rotatable bonds is 7. The van der Waals surface area contributed by atoms with Gasteiger partial charge in [0.25, 0.3) is 0 Å². The highest BCUT2D eigenvalue weighted by Crippen LogP contribution is 2.20. The van der Waals surface area contributed by atoms with E-state index in [1.54, 1.807) is 6.92 Å². The van der Waals surface area contributed by atoms with E-state index in [1.165, 1.54) is 0 Å². The SMILES string of the molecule is CCC(Nc1nc(Nc2ccccc2)nc(-c2ccccc2)n1)C(C)O. The predicted octanol–water partition coefficient (Wildman–Crippen LogP) is 3.85. The van der Waals surface area contributed by atoms with Crippen molar-refractivity contribution in [2.45, 2.75) is 32.4 Å². The lowest BCUT2D eigenvalue weighted by Gasteiger charge is -2.20. The summed E-state index contributed by atoms with van der Waals surface area (Å²) in [5.41, 5.74) is 1.80. The second-order valence-corrected chi connectivity index (χ2v) is 6.06. The number of aliphatic hydroxyl groups excluding tert-OH is 1. The minimum absolute atomic E-state index is 0.134. The van der Waals surface area contributed by atoms with E-state index in [-0.39, 0.29) is 6.04 Å². The molecule has 3 aromatic rings. The van der Waals surface area contributed by atoms with Crippen LogP contribution in [-0.2, 0) is 0 Å². The molecular weight excluding hydrogens is 326 g/mol. The molecule has 1 heterocycles. The average molecular weight is 349 g/mol. The van der Waals surface area contributed by atoms with Gasteiger partial charge in [0.2, 0.25) is 11.9 Å². The number of aromatic nitrogens is 3. The van der Waals surface area contributed by atoms with Crippen LogP contribution < -0.4 is 10.6 Å². The molecule has 3 rings (SSSR count). The Morgan fingerprint density at radius 2 is 1.50 bits per heavy atom. The minimum Gasteiger partial charge on any atom is -0.391 e. The largest absolute Gasteiger partial charge is 0.391 e. The van der Waals surface area contributed by atoms with Crippen LogP contribution in [0.25, 0.3) is 11.4 Å². The van der Waals surface area contributed by atoms with Gasteiger partial charge in [0.1, 0.15) is 0 Å². The fraction of sp³-hybridized carbons (Fsp3) is 0.250. The van der Waals surface area contributed by atoms with E-state index >= 15 is 0 Å². The highest BCUT2D eigenvalue weighted by molar-refractivity contribution is 5.60. The van der Waals surface area contributed by atoms with Gasteiger partial charge >= 0.3 is 0 Å². The van der Waals surface area contributed by atoms with Gasteiger partial charge in [0.05, 0.1) is 12.1 Å². The van der Waals surface area contributed by atoms with Crippen molar-refractivity contribution in [1.82, 2.24) is 15.0 Å². The van der Waals surface area contributed by atoms with Gasteiger partial charge < -0.3 is 15.7 Å². The van der Waals surface area contributed by atoms with Crippen LogP contribution in [0.5, 0.6) is 0 Å². The smallest absolute Gasteiger partial charge is 0.232 e. The number of anilines is 3. The Kier molecular flexibility index (Phi) is 5.76. The van der Waals surface area contributed by atoms with Crippen LogP contribution >= 0.6 is 0 Å². The Balaban J connectivity index is 1.96. The Bertz CT molecular complexity index is 824. The molecule has 0 aliphatic heterocycles. The minimum atomic E-state index is -0.512. The van der Waals surface area contributed by atoms with Crippen LogP contribution in [0.3, 0.4) is 0 Å². The number of para-hydroxylation sites is 1. The zero-order chi connectivity index (χ0) is 18.4. The first-order chi connectivity index (χ1) is 12.7. The molecule has 0 saturated heterocycles. The molecule has 0 fully saturated rings. The molecule has 0 aliphatic rings. The van der Waals surface area contributed by atoms with E-state index in [4.69, 9.17) is 0 Å². The zero-order valence-corrected chi connectivity index (χ0v) is 14.9. The maximum Gasteiger partial charge on any atom is 0.232 e. The van der Waals surface area contributed by atoms with Gasteiger partial charge in [-0.25, -0.2) is 0 Å². The molecule has 2 unspecified atom stereocenters. The van der Waals surface area contributed by atoms with Crippen molar-refractivity contribution in [1.29, 1.82) is 0 Å². The van der Waals surface area contributed by atoms with Crippen LogP contribution in [0.4, 0.5) is 17.6 Å². The number of aliphatic hydroxyl groups is 1. The summed E-state index contributed by atoms with van der Waals surface area (Å²) in [4.78, 5) is 13.5. The number of hydrogen-bond acceptors (Lipinski definition) is 6. The molecule has 26 heavy (non-hydrogen) atoms. The van der Waals surface area contributed by atoms with Gasteiger partial charge in [-0.2, -0.15) is 15.0 Å². The maximum absolute atomic E-state index is 9.91. The van der Waals surface area contributed by atoms with E-state index in [9.17, 15) is 5.11 Å². The highest BCUT2D eigenvalue weighted by Gasteiger charge is 2.16. The second-order valence-electron chi connectivity index (χ2n) is 6.06. The first-order valence-electron chi connectivity index (χ1n) is 8.74. The van der Waals surface area contributed by atoms with E-state index in [0.29, 0.717) is 17.7 Å². The lowest BCUT2D eigenvalue weighted by molar-refractivity contribution is 0.169. The maximum atomic E-state index is 9.91. The molecule has 6 heteroatoms. The summed E-state index contributed by atoms with van der Waals surface area (Å²) >= 11 is 0. The van der Waals surface area contributed by atoms with Crippen molar-refractivity contribution in [3.63, 3.8) is 0 Å². The first-order valence-corrected chi connectivity index (χ1v) is 8.74. The van der Waals surface area contributed by atoms with Crippen LogP contribution in [0.2, 0.25) is 0 Å². The molecule has 2 aromatic carbocycles. The number of nitrogens with zero attached hydrogens (tertiary/aromatic N) is 3. The van der Waals surface area contributed by atoms with Crippen molar-refractivity contribution in [3.8, 4) is 11.4 Å². The molecule has 6 nitrogen and oxygen atoms in total. The van der Waals surface area contributed by atoms with Crippen LogP contribution in [0.15, 0.2) is 60.7 Å². The molecule has 0 bridgehead atoms. The van der Waals surface area contributed by atoms with Crippen LogP contribution in [0.1, 0.15) is 20.3 Å². The van der Waals surface area contributed by atoms with Crippen LogP contribution in [0, 0.1) is 0 Å². The summed E-state index contributed by atoms with van der Waals surface area (Å²) in [6.07, 6.45) is 0.244. The third kappa shape index (κ3) is 4.55. The molecule has 3 N–H and O–H groups in total. The van der Waals surface area contributed by atoms with Gasteiger partial charge in [-0.05, 0) is 25.5 Å². The average Bonchev–Trinajstić information content (AvgIpc) is 2.67. The molecule has 2 atom stereocenters. The summed E-state index contributed by atoms with van der Waals surface area (Å²) in [7, 11) is 0. The molecule has 1 aromatic heterocycles. The lowest BCUT2D eigenvalue weighted by atomic mass is 10.1. The molecule has 0 aliphatic carbocycles. The van der Waals surface area contributed by atoms with Crippen molar-refractivity contribution in [3.05, 3.63) is 60.7 Å². The van der Waals surface area contributed by atoms with Gasteiger partial charge in [-0.1, -0.05) is 55.5 Å². The number of hydrogen-bond donors (Lipinski definition) is 3. The Morgan fingerprint density at radius 1 is 0.885 bits per heavy atom. The van der Waals surface area contributed by atoms with Crippen molar-refractivity contribution < 1.29 is 5.11 Å². The lowest BCUT2D eigenvalue weighted by Crippen LogP contribution is -2.31. The van der Waals surface area contributed by atoms with Gasteiger partial charge in [0.15, 0.2) is 5.82 Å². The summed E-state index contributed by atoms with van der Waals surface area (Å²) in [6, 6.07) is 19.4. The third-order valence-corrected chi connectivity index (χ3v) is 4.03. The van der Waals surface area contributed by atoms with Crippen molar-refractivity contribution in [2.24, 2.45) is 0 Å².